The molecule has 0 amide bonds. The monoisotopic (exact) mass is 221 g/mol. The van der Waals surface area contributed by atoms with Gasteiger partial charge >= 0.3 is 0 Å². The van der Waals surface area contributed by atoms with Gasteiger partial charge in [0.15, 0.2) is 6.29 Å². The third-order valence-corrected chi connectivity index (χ3v) is 3.07. The minimum atomic E-state index is -0.817. The molecule has 2 atom stereocenters. The molecule has 0 aliphatic carbocycles. The van der Waals surface area contributed by atoms with Crippen LogP contribution in [0.2, 0.25) is 0 Å². The first-order valence-electron chi connectivity index (χ1n) is 5.59. The Hall–Kier alpha value is -0.900. The third kappa shape index (κ3) is 1.98. The summed E-state index contributed by atoms with van der Waals surface area (Å²) < 4.78 is 5.46. The zero-order valence-electron chi connectivity index (χ0n) is 10.0. The molecular formula is C13H19NO2. The molecule has 2 rings (SSSR count). The lowest BCUT2D eigenvalue weighted by atomic mass is 9.86. The molecule has 0 aromatic heterocycles. The molecule has 3 nitrogen and oxygen atoms in total. The Bertz CT molecular complexity index is 363. The average Bonchev–Trinajstić information content (AvgIpc) is 2.25. The normalized spacial score (nSPS) is 33.6. The van der Waals surface area contributed by atoms with Gasteiger partial charge in [-0.3, -0.25) is 5.32 Å². The van der Waals surface area contributed by atoms with Crippen LogP contribution in [0, 0.1) is 0 Å². The minimum absolute atomic E-state index is 0.135. The topological polar surface area (TPSA) is 41.5 Å². The zero-order chi connectivity index (χ0) is 11.8. The molecule has 0 spiro atoms. The second-order valence-electron chi connectivity index (χ2n) is 5.24. The maximum absolute atomic E-state index is 10.0. The van der Waals surface area contributed by atoms with Gasteiger partial charge in [0.1, 0.15) is 0 Å². The second-order valence-corrected chi connectivity index (χ2v) is 5.24. The lowest BCUT2D eigenvalue weighted by Crippen LogP contribution is -2.64. The molecule has 1 saturated heterocycles. The molecule has 16 heavy (non-hydrogen) atoms. The summed E-state index contributed by atoms with van der Waals surface area (Å²) in [6.07, 6.45) is -0.817. The van der Waals surface area contributed by atoms with Crippen molar-refractivity contribution < 1.29 is 9.84 Å². The van der Waals surface area contributed by atoms with E-state index in [0.717, 1.165) is 5.56 Å². The fourth-order valence-electron chi connectivity index (χ4n) is 2.25. The van der Waals surface area contributed by atoms with Crippen LogP contribution in [-0.2, 0) is 10.3 Å². The maximum atomic E-state index is 10.0. The molecule has 0 bridgehead atoms. The number of hydrogen-bond acceptors (Lipinski definition) is 3. The van der Waals surface area contributed by atoms with Gasteiger partial charge in [-0.2, -0.15) is 0 Å². The summed E-state index contributed by atoms with van der Waals surface area (Å²) in [7, 11) is 0. The molecule has 1 aromatic carbocycles. The first kappa shape index (κ1) is 11.6. The van der Waals surface area contributed by atoms with Crippen LogP contribution in [0.25, 0.3) is 0 Å². The van der Waals surface area contributed by atoms with Crippen LogP contribution in [0.15, 0.2) is 30.3 Å². The highest BCUT2D eigenvalue weighted by Crippen LogP contribution is 2.32. The molecule has 0 saturated carbocycles. The average molecular weight is 221 g/mol. The summed E-state index contributed by atoms with van der Waals surface area (Å²) >= 11 is 0. The van der Waals surface area contributed by atoms with Crippen LogP contribution in [-0.4, -0.2) is 23.5 Å². The van der Waals surface area contributed by atoms with Crippen LogP contribution in [0.1, 0.15) is 26.3 Å². The molecule has 1 aliphatic heterocycles. The van der Waals surface area contributed by atoms with Gasteiger partial charge in [-0.25, -0.2) is 0 Å². The summed E-state index contributed by atoms with van der Waals surface area (Å²) in [6, 6.07) is 9.91. The van der Waals surface area contributed by atoms with E-state index in [0.29, 0.717) is 6.61 Å². The summed E-state index contributed by atoms with van der Waals surface area (Å²) in [5, 5.41) is 13.5. The molecule has 1 fully saturated rings. The molecule has 3 heteroatoms. The van der Waals surface area contributed by atoms with Crippen LogP contribution < -0.4 is 5.32 Å². The fraction of sp³-hybridized carbons (Fsp3) is 0.538. The van der Waals surface area contributed by atoms with Gasteiger partial charge in [0, 0.05) is 5.54 Å². The predicted octanol–water partition coefficient (Wildman–Crippen LogP) is 1.62. The molecule has 2 N–H and O–H groups in total. The van der Waals surface area contributed by atoms with Crippen molar-refractivity contribution in [2.24, 2.45) is 0 Å². The molecule has 2 unspecified atom stereocenters. The molecule has 1 heterocycles. The van der Waals surface area contributed by atoms with E-state index in [1.54, 1.807) is 0 Å². The number of hydrogen-bond donors (Lipinski definition) is 2. The number of morpholine rings is 1. The highest BCUT2D eigenvalue weighted by Gasteiger charge is 2.44. The number of rotatable bonds is 1. The first-order chi connectivity index (χ1) is 7.44. The first-order valence-corrected chi connectivity index (χ1v) is 5.59. The quantitative estimate of drug-likeness (QED) is 0.757. The number of aliphatic hydroxyl groups excluding tert-OH is 1. The number of benzene rings is 1. The lowest BCUT2D eigenvalue weighted by molar-refractivity contribution is -0.200. The highest BCUT2D eigenvalue weighted by molar-refractivity contribution is 5.26. The predicted molar refractivity (Wildman–Crippen MR) is 63.0 cm³/mol. The summed E-state index contributed by atoms with van der Waals surface area (Å²) in [4.78, 5) is 0. The molecule has 1 aliphatic rings. The SMILES string of the molecule is CC1(C)COC(O)C(C)(c2ccccc2)N1. The van der Waals surface area contributed by atoms with E-state index in [1.165, 1.54) is 0 Å². The fourth-order valence-corrected chi connectivity index (χ4v) is 2.25. The standard InChI is InChI=1S/C13H19NO2/c1-12(2)9-16-11(15)13(3,14-12)10-7-5-4-6-8-10/h4-8,11,14-15H,9H2,1-3H3. The molecular weight excluding hydrogens is 202 g/mol. The van der Waals surface area contributed by atoms with Gasteiger partial charge in [0.2, 0.25) is 0 Å². The van der Waals surface area contributed by atoms with E-state index in [2.05, 4.69) is 19.2 Å². The Morgan fingerprint density at radius 2 is 1.88 bits per heavy atom. The van der Waals surface area contributed by atoms with E-state index in [4.69, 9.17) is 4.74 Å². The van der Waals surface area contributed by atoms with Crippen molar-refractivity contribution in [3.8, 4) is 0 Å². The van der Waals surface area contributed by atoms with Gasteiger partial charge < -0.3 is 9.84 Å². The van der Waals surface area contributed by atoms with E-state index >= 15 is 0 Å². The van der Waals surface area contributed by atoms with Crippen molar-refractivity contribution in [3.05, 3.63) is 35.9 Å². The van der Waals surface area contributed by atoms with Crippen molar-refractivity contribution in [2.75, 3.05) is 6.61 Å². The Morgan fingerprint density at radius 3 is 2.50 bits per heavy atom. The van der Waals surface area contributed by atoms with Crippen LogP contribution in [0.5, 0.6) is 0 Å². The summed E-state index contributed by atoms with van der Waals surface area (Å²) in [6.45, 7) is 6.62. The minimum Gasteiger partial charge on any atom is -0.366 e. The van der Waals surface area contributed by atoms with E-state index in [9.17, 15) is 5.11 Å². The zero-order valence-corrected chi connectivity index (χ0v) is 10.0. The maximum Gasteiger partial charge on any atom is 0.176 e. The van der Waals surface area contributed by atoms with Gasteiger partial charge in [0.05, 0.1) is 12.1 Å². The Labute approximate surface area is 96.4 Å². The number of ether oxygens (including phenoxy) is 1. The van der Waals surface area contributed by atoms with Crippen molar-refractivity contribution in [1.29, 1.82) is 0 Å². The smallest absolute Gasteiger partial charge is 0.176 e. The van der Waals surface area contributed by atoms with Crippen molar-refractivity contribution >= 4 is 0 Å². The molecule has 88 valence electrons. The van der Waals surface area contributed by atoms with E-state index in [-0.39, 0.29) is 5.54 Å². The van der Waals surface area contributed by atoms with Crippen LogP contribution in [0.3, 0.4) is 0 Å². The van der Waals surface area contributed by atoms with Crippen LogP contribution >= 0.6 is 0 Å². The second kappa shape index (κ2) is 3.84. The van der Waals surface area contributed by atoms with Gasteiger partial charge in [-0.15, -0.1) is 0 Å². The van der Waals surface area contributed by atoms with Crippen molar-refractivity contribution in [2.45, 2.75) is 38.1 Å². The van der Waals surface area contributed by atoms with Gasteiger partial charge in [-0.05, 0) is 26.3 Å². The van der Waals surface area contributed by atoms with Crippen LogP contribution in [0.4, 0.5) is 0 Å². The van der Waals surface area contributed by atoms with Gasteiger partial charge in [-0.1, -0.05) is 30.3 Å². The number of nitrogens with one attached hydrogen (secondary N) is 1. The third-order valence-electron chi connectivity index (χ3n) is 3.07. The lowest BCUT2D eigenvalue weighted by Gasteiger charge is -2.47. The van der Waals surface area contributed by atoms with Crippen molar-refractivity contribution in [3.63, 3.8) is 0 Å². The largest absolute Gasteiger partial charge is 0.366 e. The van der Waals surface area contributed by atoms with E-state index in [1.807, 2.05) is 37.3 Å². The number of aliphatic hydroxyl groups is 1. The highest BCUT2D eigenvalue weighted by atomic mass is 16.6. The molecule has 0 radical (unpaired) electrons. The Morgan fingerprint density at radius 1 is 1.25 bits per heavy atom. The molecule has 1 aromatic rings. The van der Waals surface area contributed by atoms with Gasteiger partial charge in [0.25, 0.3) is 0 Å². The summed E-state index contributed by atoms with van der Waals surface area (Å²) in [5.74, 6) is 0. The van der Waals surface area contributed by atoms with E-state index < -0.39 is 11.8 Å². The summed E-state index contributed by atoms with van der Waals surface area (Å²) in [5.41, 5.74) is 0.350. The Balaban J connectivity index is 2.35. The Kier molecular flexibility index (Phi) is 2.78. The van der Waals surface area contributed by atoms with Crippen molar-refractivity contribution in [1.82, 2.24) is 5.32 Å².